The normalized spacial score (nSPS) is 11.7. The van der Waals surface area contributed by atoms with E-state index in [9.17, 15) is 0 Å². The van der Waals surface area contributed by atoms with Crippen molar-refractivity contribution in [3.63, 3.8) is 0 Å². The number of hydrogen-bond donors (Lipinski definition) is 0. The van der Waals surface area contributed by atoms with Crippen molar-refractivity contribution < 1.29 is 4.42 Å². The highest BCUT2D eigenvalue weighted by molar-refractivity contribution is 6.23. The van der Waals surface area contributed by atoms with Gasteiger partial charge in [-0.2, -0.15) is 0 Å². The second-order valence-corrected chi connectivity index (χ2v) is 12.5. The first-order valence-corrected chi connectivity index (χ1v) is 16.6. The van der Waals surface area contributed by atoms with Gasteiger partial charge in [-0.05, 0) is 62.7 Å². The van der Waals surface area contributed by atoms with Gasteiger partial charge in [0.25, 0.3) is 0 Å². The van der Waals surface area contributed by atoms with Crippen LogP contribution < -0.4 is 0 Å². The van der Waals surface area contributed by atoms with E-state index in [4.69, 9.17) is 14.4 Å². The summed E-state index contributed by atoms with van der Waals surface area (Å²) < 4.78 is 6.56. The summed E-state index contributed by atoms with van der Waals surface area (Å²) in [6.07, 6.45) is 0. The van der Waals surface area contributed by atoms with Crippen molar-refractivity contribution in [2.24, 2.45) is 0 Å². The molecule has 49 heavy (non-hydrogen) atoms. The predicted molar refractivity (Wildman–Crippen MR) is 204 cm³/mol. The van der Waals surface area contributed by atoms with E-state index in [2.05, 4.69) is 164 Å². The topological polar surface area (TPSA) is 38.9 Å². The zero-order valence-electron chi connectivity index (χ0n) is 26.5. The van der Waals surface area contributed by atoms with Crippen molar-refractivity contribution in [3.05, 3.63) is 170 Å². The molecule has 0 saturated heterocycles. The summed E-state index contributed by atoms with van der Waals surface area (Å²) >= 11 is 0. The maximum absolute atomic E-state index is 6.56. The molecule has 228 valence electrons. The maximum Gasteiger partial charge on any atom is 0.227 e. The minimum absolute atomic E-state index is 0.616. The van der Waals surface area contributed by atoms with Crippen LogP contribution in [0.1, 0.15) is 0 Å². The molecule has 0 N–H and O–H groups in total. The van der Waals surface area contributed by atoms with E-state index in [0.29, 0.717) is 5.89 Å². The van der Waals surface area contributed by atoms with Crippen LogP contribution in [0.5, 0.6) is 0 Å². The molecule has 0 aliphatic heterocycles. The van der Waals surface area contributed by atoms with E-state index in [-0.39, 0.29) is 0 Å². The first-order valence-electron chi connectivity index (χ1n) is 16.6. The van der Waals surface area contributed by atoms with Crippen LogP contribution in [0.3, 0.4) is 0 Å². The number of benzene rings is 8. The lowest BCUT2D eigenvalue weighted by molar-refractivity contribution is 0.623. The number of aromatic nitrogens is 2. The smallest absolute Gasteiger partial charge is 0.227 e. The van der Waals surface area contributed by atoms with Gasteiger partial charge in [0, 0.05) is 32.7 Å². The number of oxazole rings is 1. The SMILES string of the molecule is c1ccc(-c2cc(-c3ccc(-c4nc5c6ccccc6c6ccccc6c5o4)cc3)c3cc(-c4ccccc4)c4ccccc4c3n2)cc1. The summed E-state index contributed by atoms with van der Waals surface area (Å²) in [6.45, 7) is 0. The summed E-state index contributed by atoms with van der Waals surface area (Å²) in [4.78, 5) is 10.4. The van der Waals surface area contributed by atoms with Gasteiger partial charge in [-0.25, -0.2) is 9.97 Å². The molecule has 10 rings (SSSR count). The third-order valence-electron chi connectivity index (χ3n) is 9.69. The van der Waals surface area contributed by atoms with Gasteiger partial charge >= 0.3 is 0 Å². The monoisotopic (exact) mass is 624 g/mol. The minimum atomic E-state index is 0.616. The van der Waals surface area contributed by atoms with Gasteiger partial charge in [-0.15, -0.1) is 0 Å². The third-order valence-corrected chi connectivity index (χ3v) is 9.69. The fraction of sp³-hybridized carbons (Fsp3) is 0. The lowest BCUT2D eigenvalue weighted by Crippen LogP contribution is -1.93. The van der Waals surface area contributed by atoms with Crippen molar-refractivity contribution in [1.82, 2.24) is 9.97 Å². The summed E-state index contributed by atoms with van der Waals surface area (Å²) in [7, 11) is 0. The number of fused-ring (bicyclic) bond motifs is 9. The molecule has 0 unspecified atom stereocenters. The molecule has 0 saturated carbocycles. The summed E-state index contributed by atoms with van der Waals surface area (Å²) in [5, 5.41) is 7.97. The molecule has 0 amide bonds. The van der Waals surface area contributed by atoms with Crippen LogP contribution >= 0.6 is 0 Å². The van der Waals surface area contributed by atoms with Crippen molar-refractivity contribution in [2.45, 2.75) is 0 Å². The van der Waals surface area contributed by atoms with Crippen LogP contribution in [0.25, 0.3) is 99.3 Å². The van der Waals surface area contributed by atoms with Crippen LogP contribution in [0.15, 0.2) is 174 Å². The molecular formula is C46H28N2O. The molecule has 3 nitrogen and oxygen atoms in total. The van der Waals surface area contributed by atoms with Crippen LogP contribution in [0.4, 0.5) is 0 Å². The van der Waals surface area contributed by atoms with Crippen LogP contribution in [-0.2, 0) is 0 Å². The lowest BCUT2D eigenvalue weighted by atomic mass is 9.91. The van der Waals surface area contributed by atoms with Crippen LogP contribution in [-0.4, -0.2) is 9.97 Å². The highest BCUT2D eigenvalue weighted by Gasteiger charge is 2.18. The first-order chi connectivity index (χ1) is 24.3. The number of hydrogen-bond acceptors (Lipinski definition) is 3. The summed E-state index contributed by atoms with van der Waals surface area (Å²) in [5.41, 5.74) is 10.3. The van der Waals surface area contributed by atoms with E-state index in [1.807, 2.05) is 6.07 Å². The zero-order chi connectivity index (χ0) is 32.3. The Balaban J connectivity index is 1.18. The van der Waals surface area contributed by atoms with E-state index >= 15 is 0 Å². The fourth-order valence-electron chi connectivity index (χ4n) is 7.35. The second kappa shape index (κ2) is 11.0. The number of rotatable bonds is 4. The van der Waals surface area contributed by atoms with E-state index < -0.39 is 0 Å². The van der Waals surface area contributed by atoms with E-state index in [1.165, 1.54) is 27.3 Å². The molecule has 2 heterocycles. The largest absolute Gasteiger partial charge is 0.435 e. The Morgan fingerprint density at radius 1 is 0.327 bits per heavy atom. The Morgan fingerprint density at radius 2 is 0.816 bits per heavy atom. The van der Waals surface area contributed by atoms with Crippen molar-refractivity contribution in [2.75, 3.05) is 0 Å². The molecule has 0 fully saturated rings. The van der Waals surface area contributed by atoms with Gasteiger partial charge < -0.3 is 4.42 Å². The summed E-state index contributed by atoms with van der Waals surface area (Å²) in [6, 6.07) is 59.7. The van der Waals surface area contributed by atoms with Crippen LogP contribution in [0, 0.1) is 0 Å². The highest BCUT2D eigenvalue weighted by Crippen LogP contribution is 2.41. The summed E-state index contributed by atoms with van der Waals surface area (Å²) in [5.74, 6) is 0.616. The molecule has 2 aromatic heterocycles. The van der Waals surface area contributed by atoms with E-state index in [1.54, 1.807) is 0 Å². The Hall–Kier alpha value is -6.58. The standard InChI is InChI=1S/C46H28N2O/c1-3-13-29(14-4-1)39-27-41-40(28-42(31-15-5-2-6-16-31)47-43(41)36-20-10-8-19-35(36)39)30-23-25-32(26-24-30)46-48-44-37-21-11-7-17-33(37)34-18-9-12-22-38(34)45(44)49-46/h1-28H. The molecule has 0 aliphatic carbocycles. The highest BCUT2D eigenvalue weighted by atomic mass is 16.3. The molecule has 10 aromatic rings. The molecular weight excluding hydrogens is 597 g/mol. The maximum atomic E-state index is 6.56. The van der Waals surface area contributed by atoms with Gasteiger partial charge in [0.15, 0.2) is 5.58 Å². The molecule has 0 spiro atoms. The number of nitrogens with zero attached hydrogens (tertiary/aromatic N) is 2. The Labute approximate surface area is 282 Å². The second-order valence-electron chi connectivity index (χ2n) is 12.5. The fourth-order valence-corrected chi connectivity index (χ4v) is 7.35. The Kier molecular flexibility index (Phi) is 6.18. The van der Waals surface area contributed by atoms with Crippen molar-refractivity contribution >= 4 is 54.3 Å². The van der Waals surface area contributed by atoms with Gasteiger partial charge in [0.05, 0.1) is 11.2 Å². The average Bonchev–Trinajstić information content (AvgIpc) is 3.64. The Morgan fingerprint density at radius 3 is 1.51 bits per heavy atom. The minimum Gasteiger partial charge on any atom is -0.435 e. The zero-order valence-corrected chi connectivity index (χ0v) is 26.5. The van der Waals surface area contributed by atoms with Crippen molar-refractivity contribution in [1.29, 1.82) is 0 Å². The van der Waals surface area contributed by atoms with Gasteiger partial charge in [0.1, 0.15) is 5.52 Å². The average molecular weight is 625 g/mol. The Bertz CT molecular complexity index is 2780. The molecule has 0 bridgehead atoms. The molecule has 3 heteroatoms. The van der Waals surface area contributed by atoms with E-state index in [0.717, 1.165) is 66.1 Å². The molecule has 0 aliphatic rings. The number of pyridine rings is 1. The van der Waals surface area contributed by atoms with Gasteiger partial charge in [-0.1, -0.05) is 146 Å². The van der Waals surface area contributed by atoms with Gasteiger partial charge in [0.2, 0.25) is 5.89 Å². The van der Waals surface area contributed by atoms with Crippen LogP contribution in [0.2, 0.25) is 0 Å². The predicted octanol–water partition coefficient (Wildman–Crippen LogP) is 12.5. The lowest BCUT2D eigenvalue weighted by Gasteiger charge is -2.16. The molecule has 8 aromatic carbocycles. The third kappa shape index (κ3) is 4.44. The first kappa shape index (κ1) is 27.5. The molecule has 0 radical (unpaired) electrons. The van der Waals surface area contributed by atoms with Crippen molar-refractivity contribution in [3.8, 4) is 45.0 Å². The quantitative estimate of drug-likeness (QED) is 0.183. The van der Waals surface area contributed by atoms with Gasteiger partial charge in [-0.3, -0.25) is 0 Å². The molecule has 0 atom stereocenters.